The second kappa shape index (κ2) is 14.2. The Bertz CT molecular complexity index is 1190. The number of fused-ring (bicyclic) bond motifs is 20. The molecule has 5 aliphatic heterocycles. The number of hydrogen-bond donors (Lipinski definition) is 8. The Kier molecular flexibility index (Phi) is 10.5. The second-order valence-corrected chi connectivity index (χ2v) is 16.6. The SMILES string of the molecule is O.O=C([O-])C1CCC2C3NC4NC(NC5NC(NC6NC(NC(N3)C2C1C(=O)[O-])C1CCCCC61)C1CCCCC51)C1CCCCC41.[Co+2]. The fraction of sp³-hybridized carbons (Fsp3) is 0.941. The zero-order valence-electron chi connectivity index (χ0n) is 27.8. The topological polar surface area (TPSA) is 208 Å². The van der Waals surface area contributed by atoms with Crippen molar-refractivity contribution in [1.82, 2.24) is 42.5 Å². The largest absolute Gasteiger partial charge is 2.00 e. The Labute approximate surface area is 294 Å². The van der Waals surface area contributed by atoms with Crippen LogP contribution in [-0.2, 0) is 26.4 Å². The maximum absolute atomic E-state index is 12.7. The zero-order chi connectivity index (χ0) is 31.1. The summed E-state index contributed by atoms with van der Waals surface area (Å²) in [6.07, 6.45) is 16.2. The van der Waals surface area contributed by atoms with E-state index in [1.807, 2.05) is 0 Å². The van der Waals surface area contributed by atoms with Gasteiger partial charge in [-0.05, 0) is 92.8 Å². The van der Waals surface area contributed by atoms with Crippen molar-refractivity contribution in [2.75, 3.05) is 0 Å². The Morgan fingerprint density at radius 3 is 0.979 bits per heavy atom. The van der Waals surface area contributed by atoms with E-state index in [0.29, 0.717) is 48.3 Å². The molecule has 14 heteroatoms. The maximum atomic E-state index is 12.7. The minimum atomic E-state index is -1.27. The van der Waals surface area contributed by atoms with E-state index in [2.05, 4.69) is 42.5 Å². The van der Waals surface area contributed by atoms with E-state index in [9.17, 15) is 19.8 Å². The molecule has 9 fully saturated rings. The molecule has 9 aliphatic rings. The molecule has 4 aliphatic carbocycles. The van der Waals surface area contributed by atoms with Gasteiger partial charge in [-0.1, -0.05) is 38.5 Å². The average Bonchev–Trinajstić information content (AvgIpc) is 3.80. The van der Waals surface area contributed by atoms with Gasteiger partial charge in [0.1, 0.15) is 0 Å². The Hall–Kier alpha value is -0.914. The van der Waals surface area contributed by atoms with Gasteiger partial charge in [0, 0.05) is 29.7 Å². The van der Waals surface area contributed by atoms with Crippen molar-refractivity contribution in [3.8, 4) is 0 Å². The van der Waals surface area contributed by atoms with Gasteiger partial charge in [0.05, 0.1) is 49.3 Å². The summed E-state index contributed by atoms with van der Waals surface area (Å²) in [5.74, 6) is -1.95. The summed E-state index contributed by atoms with van der Waals surface area (Å²) in [5, 5.41) is 57.1. The Morgan fingerprint density at radius 1 is 0.396 bits per heavy atom. The second-order valence-electron chi connectivity index (χ2n) is 16.6. The molecular formula is C34H56CoN8O5. The quantitative estimate of drug-likeness (QED) is 0.152. The summed E-state index contributed by atoms with van der Waals surface area (Å²) in [4.78, 5) is 25.0. The normalized spacial score (nSPS) is 52.4. The van der Waals surface area contributed by atoms with E-state index < -0.39 is 29.7 Å². The average molecular weight is 716 g/mol. The van der Waals surface area contributed by atoms with Crippen molar-refractivity contribution in [2.45, 2.75) is 139 Å². The van der Waals surface area contributed by atoms with Gasteiger partial charge in [-0.25, -0.2) is 0 Å². The number of aliphatic carboxylic acids is 2. The van der Waals surface area contributed by atoms with Crippen molar-refractivity contribution in [1.29, 1.82) is 0 Å². The van der Waals surface area contributed by atoms with Gasteiger partial charge in [0.25, 0.3) is 0 Å². The van der Waals surface area contributed by atoms with E-state index in [4.69, 9.17) is 0 Å². The molecule has 18 atom stereocenters. The van der Waals surface area contributed by atoms with Gasteiger partial charge >= 0.3 is 16.8 Å². The Balaban J connectivity index is 0.00000182. The van der Waals surface area contributed by atoms with Gasteiger partial charge < -0.3 is 25.3 Å². The first kappa shape index (κ1) is 35.5. The van der Waals surface area contributed by atoms with Crippen molar-refractivity contribution < 1.29 is 42.1 Å². The van der Waals surface area contributed by atoms with Crippen molar-refractivity contribution in [3.05, 3.63) is 0 Å². The summed E-state index contributed by atoms with van der Waals surface area (Å²) < 4.78 is 0. The molecule has 10 N–H and O–H groups in total. The zero-order valence-corrected chi connectivity index (χ0v) is 28.8. The first-order valence-electron chi connectivity index (χ1n) is 18.9. The number of carboxylic acid groups (broad SMARTS) is 2. The number of carbonyl (C=O) groups is 2. The third-order valence-corrected chi connectivity index (χ3v) is 14.6. The number of rotatable bonds is 2. The van der Waals surface area contributed by atoms with Gasteiger partial charge in [0.2, 0.25) is 0 Å². The third kappa shape index (κ3) is 5.98. The van der Waals surface area contributed by atoms with Crippen LogP contribution in [0.2, 0.25) is 0 Å². The smallest absolute Gasteiger partial charge is 0.550 e. The van der Waals surface area contributed by atoms with E-state index in [1.165, 1.54) is 70.6 Å². The van der Waals surface area contributed by atoms with Crippen LogP contribution in [0.3, 0.4) is 0 Å². The molecule has 5 saturated heterocycles. The van der Waals surface area contributed by atoms with Crippen LogP contribution in [0.1, 0.15) is 89.9 Å². The molecule has 1 radical (unpaired) electrons. The van der Waals surface area contributed by atoms with Gasteiger partial charge in [0.15, 0.2) is 0 Å². The van der Waals surface area contributed by atoms with E-state index in [1.54, 1.807) is 0 Å². The standard InChI is InChI=1S/C34H56N8O4.Co.H2O/c43-33(44)22-14-13-21-23(24(22)34(45)46)32-41-30-20-12-6-5-11-19(20)28(39-30)37-26-16-8-2-1-7-15(16)25(35-26)36-27-17-9-3-4-10-18(17)29(38-27)40-31(21)42-32;;/h15-32,35-42H,1-14H2,(H,43,44)(H,45,46);;1H2/q;+2;/p-2. The molecule has 4 saturated carbocycles. The number of hydrogen-bond acceptors (Lipinski definition) is 12. The summed E-state index contributed by atoms with van der Waals surface area (Å²) in [7, 11) is 0. The molecule has 9 rings (SSSR count). The minimum absolute atomic E-state index is 0. The van der Waals surface area contributed by atoms with E-state index >= 15 is 0 Å². The van der Waals surface area contributed by atoms with Crippen molar-refractivity contribution in [2.24, 2.45) is 59.2 Å². The molecule has 271 valence electrons. The van der Waals surface area contributed by atoms with Crippen LogP contribution >= 0.6 is 0 Å². The molecule has 0 aromatic rings. The van der Waals surface area contributed by atoms with Crippen LogP contribution in [-0.4, -0.2) is 66.7 Å². The molecule has 0 aromatic carbocycles. The van der Waals surface area contributed by atoms with Crippen LogP contribution in [0.15, 0.2) is 0 Å². The van der Waals surface area contributed by atoms with Gasteiger partial charge in [-0.15, -0.1) is 0 Å². The maximum Gasteiger partial charge on any atom is 2.00 e. The van der Waals surface area contributed by atoms with Crippen LogP contribution in [0, 0.1) is 59.2 Å². The van der Waals surface area contributed by atoms with Crippen LogP contribution < -0.4 is 52.7 Å². The third-order valence-electron chi connectivity index (χ3n) is 14.6. The minimum Gasteiger partial charge on any atom is -0.550 e. The summed E-state index contributed by atoms with van der Waals surface area (Å²) in [5.41, 5.74) is 0. The summed E-state index contributed by atoms with van der Waals surface area (Å²) in [6, 6.07) is 0. The van der Waals surface area contributed by atoms with Crippen LogP contribution in [0.5, 0.6) is 0 Å². The molecule has 13 nitrogen and oxygen atoms in total. The monoisotopic (exact) mass is 715 g/mol. The van der Waals surface area contributed by atoms with Crippen LogP contribution in [0.25, 0.3) is 0 Å². The summed E-state index contributed by atoms with van der Waals surface area (Å²) >= 11 is 0. The summed E-state index contributed by atoms with van der Waals surface area (Å²) in [6.45, 7) is 0. The molecule has 8 bridgehead atoms. The molecule has 0 aromatic heterocycles. The first-order valence-corrected chi connectivity index (χ1v) is 18.9. The fourth-order valence-corrected chi connectivity index (χ4v) is 12.6. The van der Waals surface area contributed by atoms with Crippen LogP contribution in [0.4, 0.5) is 0 Å². The predicted molar refractivity (Wildman–Crippen MR) is 169 cm³/mol. The predicted octanol–water partition coefficient (Wildman–Crippen LogP) is -2.27. The molecular weight excluding hydrogens is 659 g/mol. The molecule has 0 amide bonds. The fourth-order valence-electron chi connectivity index (χ4n) is 12.6. The van der Waals surface area contributed by atoms with Gasteiger partial charge in [-0.2, -0.15) is 0 Å². The van der Waals surface area contributed by atoms with Crippen molar-refractivity contribution in [3.63, 3.8) is 0 Å². The van der Waals surface area contributed by atoms with E-state index in [0.717, 1.165) is 6.42 Å². The van der Waals surface area contributed by atoms with E-state index in [-0.39, 0.29) is 77.5 Å². The number of carbonyl (C=O) groups excluding carboxylic acids is 2. The number of nitrogens with one attached hydrogen (secondary N) is 8. The Morgan fingerprint density at radius 2 is 0.688 bits per heavy atom. The van der Waals surface area contributed by atoms with Gasteiger partial charge in [-0.3, -0.25) is 42.5 Å². The first-order chi connectivity index (χ1) is 22.4. The molecule has 48 heavy (non-hydrogen) atoms. The molecule has 0 spiro atoms. The number of carboxylic acids is 2. The molecule has 18 unspecified atom stereocenters. The van der Waals surface area contributed by atoms with Crippen molar-refractivity contribution >= 4 is 11.9 Å². The molecule has 5 heterocycles.